The number of piperazine rings is 1. The first-order valence-electron chi connectivity index (χ1n) is 6.60. The summed E-state index contributed by atoms with van der Waals surface area (Å²) < 4.78 is 30.0. The predicted octanol–water partition coefficient (Wildman–Crippen LogP) is -0.597. The number of aryl methyl sites for hydroxylation is 1. The van der Waals surface area contributed by atoms with Crippen LogP contribution >= 0.6 is 0 Å². The molecule has 0 aromatic carbocycles. The second-order valence-corrected chi connectivity index (χ2v) is 6.31. The maximum Gasteiger partial charge on any atom is 0.279 e. The van der Waals surface area contributed by atoms with Gasteiger partial charge in [-0.2, -0.15) is 12.7 Å². The van der Waals surface area contributed by atoms with Crippen LogP contribution in [0.25, 0.3) is 0 Å². The van der Waals surface area contributed by atoms with Gasteiger partial charge < -0.3 is 9.88 Å². The fourth-order valence-electron chi connectivity index (χ4n) is 2.02. The molecule has 2 heterocycles. The third-order valence-corrected chi connectivity index (χ3v) is 4.72. The van der Waals surface area contributed by atoms with E-state index in [2.05, 4.69) is 15.0 Å². The van der Waals surface area contributed by atoms with Crippen LogP contribution in [-0.4, -0.2) is 55.0 Å². The van der Waals surface area contributed by atoms with Crippen LogP contribution in [0.15, 0.2) is 18.7 Å². The minimum Gasteiger partial charge on any atom is -0.337 e. The van der Waals surface area contributed by atoms with Gasteiger partial charge in [0.1, 0.15) is 0 Å². The minimum atomic E-state index is -3.29. The van der Waals surface area contributed by atoms with E-state index in [1.807, 2.05) is 10.8 Å². The molecule has 0 aliphatic carbocycles. The molecule has 0 saturated carbocycles. The molecule has 1 aromatic heterocycles. The number of aromatic nitrogens is 2. The van der Waals surface area contributed by atoms with Gasteiger partial charge in [-0.1, -0.05) is 0 Å². The van der Waals surface area contributed by atoms with Gasteiger partial charge in [0.25, 0.3) is 10.2 Å². The maximum absolute atomic E-state index is 11.9. The van der Waals surface area contributed by atoms with E-state index >= 15 is 0 Å². The van der Waals surface area contributed by atoms with Crippen LogP contribution in [0.3, 0.4) is 0 Å². The first-order valence-corrected chi connectivity index (χ1v) is 8.04. The molecule has 108 valence electrons. The normalized spacial score (nSPS) is 17.7. The molecule has 7 nitrogen and oxygen atoms in total. The number of unbranched alkanes of at least 4 members (excludes halogenated alkanes) is 1. The van der Waals surface area contributed by atoms with Crippen LogP contribution in [-0.2, 0) is 16.8 Å². The van der Waals surface area contributed by atoms with Crippen LogP contribution < -0.4 is 10.0 Å². The number of nitrogens with zero attached hydrogens (tertiary/aromatic N) is 3. The molecule has 19 heavy (non-hydrogen) atoms. The van der Waals surface area contributed by atoms with Crippen molar-refractivity contribution >= 4 is 10.2 Å². The minimum absolute atomic E-state index is 0.487. The summed E-state index contributed by atoms with van der Waals surface area (Å²) in [6, 6.07) is 0. The average Bonchev–Trinajstić information content (AvgIpc) is 2.92. The lowest BCUT2D eigenvalue weighted by Crippen LogP contribution is -2.50. The molecule has 1 aliphatic rings. The molecule has 0 unspecified atom stereocenters. The van der Waals surface area contributed by atoms with Crippen molar-refractivity contribution in [2.24, 2.45) is 0 Å². The van der Waals surface area contributed by atoms with Crippen LogP contribution in [0, 0.1) is 0 Å². The highest BCUT2D eigenvalue weighted by Crippen LogP contribution is 2.01. The lowest BCUT2D eigenvalue weighted by molar-refractivity contribution is 0.354. The number of hydrogen-bond donors (Lipinski definition) is 2. The van der Waals surface area contributed by atoms with Gasteiger partial charge in [0.15, 0.2) is 0 Å². The fourth-order valence-corrected chi connectivity index (χ4v) is 3.26. The van der Waals surface area contributed by atoms with Gasteiger partial charge in [0.2, 0.25) is 0 Å². The quantitative estimate of drug-likeness (QED) is 0.657. The number of imidazole rings is 1. The average molecular weight is 287 g/mol. The second-order valence-electron chi connectivity index (χ2n) is 4.56. The Labute approximate surface area is 114 Å². The lowest BCUT2D eigenvalue weighted by atomic mass is 10.3. The molecule has 1 aliphatic heterocycles. The standard InChI is InChI=1S/C11H21N5O2S/c17-19(18,16-9-5-12-6-10-16)14-3-1-2-7-15-8-4-13-11-15/h4,8,11-12,14H,1-3,5-7,9-10H2. The van der Waals surface area contributed by atoms with Crippen LogP contribution in [0.4, 0.5) is 0 Å². The largest absolute Gasteiger partial charge is 0.337 e. The van der Waals surface area contributed by atoms with Crippen molar-refractivity contribution in [3.8, 4) is 0 Å². The molecule has 0 bridgehead atoms. The molecule has 0 spiro atoms. The fraction of sp³-hybridized carbons (Fsp3) is 0.727. The Balaban J connectivity index is 1.64. The highest BCUT2D eigenvalue weighted by molar-refractivity contribution is 7.87. The van der Waals surface area contributed by atoms with Crippen molar-refractivity contribution in [3.05, 3.63) is 18.7 Å². The third kappa shape index (κ3) is 4.57. The Bertz CT molecular complexity index is 453. The van der Waals surface area contributed by atoms with Crippen LogP contribution in [0.5, 0.6) is 0 Å². The number of hydrogen-bond acceptors (Lipinski definition) is 4. The van der Waals surface area contributed by atoms with E-state index < -0.39 is 10.2 Å². The Morgan fingerprint density at radius 2 is 2.05 bits per heavy atom. The zero-order valence-corrected chi connectivity index (χ0v) is 11.8. The van der Waals surface area contributed by atoms with E-state index in [-0.39, 0.29) is 0 Å². The Hall–Kier alpha value is -0.960. The number of nitrogens with one attached hydrogen (secondary N) is 2. The smallest absolute Gasteiger partial charge is 0.279 e. The number of rotatable bonds is 7. The van der Waals surface area contributed by atoms with Crippen molar-refractivity contribution < 1.29 is 8.42 Å². The van der Waals surface area contributed by atoms with Gasteiger partial charge in [-0.3, -0.25) is 0 Å². The summed E-state index contributed by atoms with van der Waals surface area (Å²) in [6.45, 7) is 3.90. The lowest BCUT2D eigenvalue weighted by Gasteiger charge is -2.26. The first kappa shape index (κ1) is 14.4. The monoisotopic (exact) mass is 287 g/mol. The van der Waals surface area contributed by atoms with Crippen molar-refractivity contribution in [1.29, 1.82) is 0 Å². The summed E-state index contributed by atoms with van der Waals surface area (Å²) in [5.74, 6) is 0. The highest BCUT2D eigenvalue weighted by Gasteiger charge is 2.22. The molecule has 0 atom stereocenters. The Kier molecular flexibility index (Phi) is 5.32. The Morgan fingerprint density at radius 1 is 1.26 bits per heavy atom. The van der Waals surface area contributed by atoms with Crippen molar-refractivity contribution in [3.63, 3.8) is 0 Å². The summed E-state index contributed by atoms with van der Waals surface area (Å²) in [6.07, 6.45) is 7.17. The van der Waals surface area contributed by atoms with E-state index in [1.165, 1.54) is 4.31 Å². The summed E-state index contributed by atoms with van der Waals surface area (Å²) in [5, 5.41) is 3.14. The van der Waals surface area contributed by atoms with Crippen molar-refractivity contribution in [1.82, 2.24) is 23.9 Å². The van der Waals surface area contributed by atoms with E-state index in [0.29, 0.717) is 19.6 Å². The van der Waals surface area contributed by atoms with Crippen molar-refractivity contribution in [2.45, 2.75) is 19.4 Å². The molecule has 0 radical (unpaired) electrons. The van der Waals surface area contributed by atoms with Crippen LogP contribution in [0.2, 0.25) is 0 Å². The second kappa shape index (κ2) is 6.99. The summed E-state index contributed by atoms with van der Waals surface area (Å²) in [7, 11) is -3.29. The zero-order valence-electron chi connectivity index (χ0n) is 11.0. The van der Waals surface area contributed by atoms with E-state index in [9.17, 15) is 8.42 Å². The SMILES string of the molecule is O=S(=O)(NCCCCn1ccnc1)N1CCNCC1. The summed E-state index contributed by atoms with van der Waals surface area (Å²) in [5.41, 5.74) is 0. The molecule has 1 fully saturated rings. The van der Waals surface area contributed by atoms with Crippen molar-refractivity contribution in [2.75, 3.05) is 32.7 Å². The topological polar surface area (TPSA) is 79.3 Å². The van der Waals surface area contributed by atoms with Gasteiger partial charge in [-0.15, -0.1) is 0 Å². The third-order valence-electron chi connectivity index (χ3n) is 3.10. The molecular formula is C11H21N5O2S. The molecule has 1 aromatic rings. The molecule has 2 rings (SSSR count). The van der Waals surface area contributed by atoms with Gasteiger partial charge >= 0.3 is 0 Å². The van der Waals surface area contributed by atoms with E-state index in [4.69, 9.17) is 0 Å². The van der Waals surface area contributed by atoms with Crippen LogP contribution in [0.1, 0.15) is 12.8 Å². The molecule has 2 N–H and O–H groups in total. The molecule has 0 amide bonds. The molecule has 8 heteroatoms. The van der Waals surface area contributed by atoms with E-state index in [1.54, 1.807) is 12.5 Å². The zero-order chi connectivity index (χ0) is 13.6. The summed E-state index contributed by atoms with van der Waals surface area (Å²) in [4.78, 5) is 3.96. The Morgan fingerprint density at radius 3 is 2.74 bits per heavy atom. The van der Waals surface area contributed by atoms with E-state index in [0.717, 1.165) is 32.5 Å². The van der Waals surface area contributed by atoms with Gasteiger partial charge in [0.05, 0.1) is 6.33 Å². The van der Waals surface area contributed by atoms with Gasteiger partial charge in [0, 0.05) is 51.7 Å². The molecular weight excluding hydrogens is 266 g/mol. The van der Waals surface area contributed by atoms with Gasteiger partial charge in [-0.05, 0) is 12.8 Å². The highest BCUT2D eigenvalue weighted by atomic mass is 32.2. The maximum atomic E-state index is 11.9. The van der Waals surface area contributed by atoms with Gasteiger partial charge in [-0.25, -0.2) is 9.71 Å². The predicted molar refractivity (Wildman–Crippen MR) is 72.8 cm³/mol. The summed E-state index contributed by atoms with van der Waals surface area (Å²) >= 11 is 0. The molecule has 1 saturated heterocycles. The first-order chi connectivity index (χ1) is 9.18.